The van der Waals surface area contributed by atoms with Crippen molar-refractivity contribution in [3.05, 3.63) is 22.7 Å². The summed E-state index contributed by atoms with van der Waals surface area (Å²) in [7, 11) is 0. The van der Waals surface area contributed by atoms with Crippen LogP contribution in [0, 0.1) is 0 Å². The van der Waals surface area contributed by atoms with E-state index in [4.69, 9.17) is 15.6 Å². The van der Waals surface area contributed by atoms with Crippen LogP contribution in [0.2, 0.25) is 0 Å². The summed E-state index contributed by atoms with van der Waals surface area (Å²) in [5, 5.41) is 8.82. The fourth-order valence-electron chi connectivity index (χ4n) is 1.07. The maximum atomic E-state index is 10.8. The van der Waals surface area contributed by atoms with Crippen molar-refractivity contribution in [3.63, 3.8) is 0 Å². The third-order valence-electron chi connectivity index (χ3n) is 1.87. The van der Waals surface area contributed by atoms with Crippen LogP contribution in [-0.2, 0) is 4.79 Å². The first-order chi connectivity index (χ1) is 7.04. The number of carboxylic acids is 1. The molecule has 0 fully saturated rings. The highest BCUT2D eigenvalue weighted by Crippen LogP contribution is 2.28. The zero-order valence-electron chi connectivity index (χ0n) is 8.24. The summed E-state index contributed by atoms with van der Waals surface area (Å²) >= 11 is 3.26. The lowest BCUT2D eigenvalue weighted by atomic mass is 10.2. The van der Waals surface area contributed by atoms with Crippen LogP contribution < -0.4 is 10.5 Å². The van der Waals surface area contributed by atoms with Crippen LogP contribution in [0.15, 0.2) is 22.7 Å². The number of nitrogen functional groups attached to an aromatic ring is 1. The summed E-state index contributed by atoms with van der Waals surface area (Å²) < 4.78 is 6.00. The van der Waals surface area contributed by atoms with Gasteiger partial charge in [-0.05, 0) is 34.5 Å². The van der Waals surface area contributed by atoms with Crippen molar-refractivity contribution in [3.8, 4) is 5.75 Å². The van der Waals surface area contributed by atoms with E-state index < -0.39 is 12.1 Å². The van der Waals surface area contributed by atoms with Crippen LogP contribution in [0.4, 0.5) is 5.69 Å². The summed E-state index contributed by atoms with van der Waals surface area (Å²) in [5.74, 6) is -0.531. The molecule has 0 amide bonds. The molecule has 1 unspecified atom stereocenters. The van der Waals surface area contributed by atoms with Crippen LogP contribution in [-0.4, -0.2) is 17.2 Å². The molecule has 0 bridgehead atoms. The maximum Gasteiger partial charge on any atom is 0.344 e. The number of carbonyl (C=O) groups is 1. The van der Waals surface area contributed by atoms with E-state index in [-0.39, 0.29) is 0 Å². The molecule has 0 spiro atoms. The number of anilines is 1. The van der Waals surface area contributed by atoms with Crippen LogP contribution >= 0.6 is 15.9 Å². The second kappa shape index (κ2) is 5.02. The minimum absolute atomic E-state index is 0.399. The Morgan fingerprint density at radius 1 is 1.67 bits per heavy atom. The third-order valence-corrected chi connectivity index (χ3v) is 2.53. The molecule has 0 radical (unpaired) electrons. The molecule has 0 aliphatic heterocycles. The van der Waals surface area contributed by atoms with Gasteiger partial charge in [0.1, 0.15) is 5.75 Å². The van der Waals surface area contributed by atoms with E-state index in [0.717, 1.165) is 0 Å². The van der Waals surface area contributed by atoms with E-state index in [9.17, 15) is 4.79 Å². The predicted octanol–water partition coefficient (Wildman–Crippen LogP) is 2.27. The first kappa shape index (κ1) is 11.8. The second-order valence-corrected chi connectivity index (χ2v) is 3.90. The van der Waals surface area contributed by atoms with Crippen molar-refractivity contribution in [1.82, 2.24) is 0 Å². The first-order valence-corrected chi connectivity index (χ1v) is 5.28. The molecule has 4 nitrogen and oxygen atoms in total. The molecular weight excluding hydrogens is 262 g/mol. The molecule has 5 heteroatoms. The number of hydrogen-bond acceptors (Lipinski definition) is 3. The van der Waals surface area contributed by atoms with Crippen molar-refractivity contribution in [2.45, 2.75) is 19.4 Å². The zero-order valence-corrected chi connectivity index (χ0v) is 9.82. The Balaban J connectivity index is 2.87. The van der Waals surface area contributed by atoms with Gasteiger partial charge in [0.15, 0.2) is 6.10 Å². The molecule has 0 aromatic heterocycles. The number of ether oxygens (including phenoxy) is 1. The molecule has 1 atom stereocenters. The van der Waals surface area contributed by atoms with Gasteiger partial charge in [-0.25, -0.2) is 4.79 Å². The molecular formula is C10H12BrNO3. The minimum Gasteiger partial charge on any atom is -0.479 e. The number of nitrogens with two attached hydrogens (primary N) is 1. The summed E-state index contributed by atoms with van der Waals surface area (Å²) in [4.78, 5) is 10.8. The largest absolute Gasteiger partial charge is 0.479 e. The van der Waals surface area contributed by atoms with Crippen LogP contribution in [0.3, 0.4) is 0 Å². The van der Waals surface area contributed by atoms with Gasteiger partial charge in [0, 0.05) is 11.8 Å². The lowest BCUT2D eigenvalue weighted by Crippen LogP contribution is -2.26. The Hall–Kier alpha value is -1.23. The SMILES string of the molecule is CCC(Oc1cc(N)ccc1Br)C(=O)O. The van der Waals surface area contributed by atoms with Crippen molar-refractivity contribution >= 4 is 27.6 Å². The Kier molecular flexibility index (Phi) is 3.96. The number of aliphatic carboxylic acids is 1. The van der Waals surface area contributed by atoms with Gasteiger partial charge in [0.25, 0.3) is 0 Å². The van der Waals surface area contributed by atoms with E-state index in [1.165, 1.54) is 0 Å². The van der Waals surface area contributed by atoms with Crippen molar-refractivity contribution in [2.24, 2.45) is 0 Å². The molecule has 1 rings (SSSR count). The highest BCUT2D eigenvalue weighted by molar-refractivity contribution is 9.10. The van der Waals surface area contributed by atoms with Gasteiger partial charge in [-0.1, -0.05) is 6.92 Å². The average Bonchev–Trinajstić information content (AvgIpc) is 2.18. The van der Waals surface area contributed by atoms with Gasteiger partial charge >= 0.3 is 5.97 Å². The van der Waals surface area contributed by atoms with Gasteiger partial charge in [0.05, 0.1) is 4.47 Å². The molecule has 15 heavy (non-hydrogen) atoms. The molecule has 0 saturated heterocycles. The highest BCUT2D eigenvalue weighted by atomic mass is 79.9. The Morgan fingerprint density at radius 2 is 2.33 bits per heavy atom. The Morgan fingerprint density at radius 3 is 2.87 bits per heavy atom. The first-order valence-electron chi connectivity index (χ1n) is 4.49. The van der Waals surface area contributed by atoms with Crippen molar-refractivity contribution in [1.29, 1.82) is 0 Å². The Labute approximate surface area is 96.2 Å². The van der Waals surface area contributed by atoms with Crippen molar-refractivity contribution in [2.75, 3.05) is 5.73 Å². The predicted molar refractivity (Wildman–Crippen MR) is 60.9 cm³/mol. The topological polar surface area (TPSA) is 72.5 Å². The second-order valence-electron chi connectivity index (χ2n) is 3.04. The third kappa shape index (κ3) is 3.13. The number of hydrogen-bond donors (Lipinski definition) is 2. The molecule has 1 aromatic carbocycles. The lowest BCUT2D eigenvalue weighted by molar-refractivity contribution is -0.145. The molecule has 0 heterocycles. The van der Waals surface area contributed by atoms with Crippen LogP contribution in [0.5, 0.6) is 5.75 Å². The lowest BCUT2D eigenvalue weighted by Gasteiger charge is -2.14. The quantitative estimate of drug-likeness (QED) is 0.826. The standard InChI is InChI=1S/C10H12BrNO3/c1-2-8(10(13)14)15-9-5-6(12)3-4-7(9)11/h3-5,8H,2,12H2,1H3,(H,13,14). The number of benzene rings is 1. The van der Waals surface area contributed by atoms with E-state index in [1.807, 2.05) is 0 Å². The smallest absolute Gasteiger partial charge is 0.344 e. The van der Waals surface area contributed by atoms with Crippen molar-refractivity contribution < 1.29 is 14.6 Å². The summed E-state index contributed by atoms with van der Waals surface area (Å²) in [6.07, 6.45) is -0.445. The van der Waals surface area contributed by atoms with E-state index >= 15 is 0 Å². The van der Waals surface area contributed by atoms with E-state index in [2.05, 4.69) is 15.9 Å². The van der Waals surface area contributed by atoms with Gasteiger partial charge in [-0.15, -0.1) is 0 Å². The van der Waals surface area contributed by atoms with Gasteiger partial charge in [0.2, 0.25) is 0 Å². The normalized spacial score (nSPS) is 12.1. The van der Waals surface area contributed by atoms with Crippen LogP contribution in [0.25, 0.3) is 0 Å². The minimum atomic E-state index is -0.980. The van der Waals surface area contributed by atoms with E-state index in [1.54, 1.807) is 25.1 Å². The average molecular weight is 274 g/mol. The summed E-state index contributed by atoms with van der Waals surface area (Å²) in [6.45, 7) is 1.75. The monoisotopic (exact) mass is 273 g/mol. The van der Waals surface area contributed by atoms with Gasteiger partial charge < -0.3 is 15.6 Å². The summed E-state index contributed by atoms with van der Waals surface area (Å²) in [6, 6.07) is 5.02. The molecule has 0 aliphatic rings. The zero-order chi connectivity index (χ0) is 11.4. The number of rotatable bonds is 4. The van der Waals surface area contributed by atoms with E-state index in [0.29, 0.717) is 22.3 Å². The summed E-state index contributed by atoms with van der Waals surface area (Å²) in [5.41, 5.74) is 6.11. The molecule has 1 aromatic rings. The fraction of sp³-hybridized carbons (Fsp3) is 0.300. The maximum absolute atomic E-state index is 10.8. The number of carboxylic acid groups (broad SMARTS) is 1. The van der Waals surface area contributed by atoms with Gasteiger partial charge in [-0.3, -0.25) is 0 Å². The highest BCUT2D eigenvalue weighted by Gasteiger charge is 2.17. The molecule has 82 valence electrons. The Bertz CT molecular complexity index is 368. The molecule has 3 N–H and O–H groups in total. The molecule has 0 aliphatic carbocycles. The van der Waals surface area contributed by atoms with Gasteiger partial charge in [-0.2, -0.15) is 0 Å². The number of halogens is 1. The fourth-order valence-corrected chi connectivity index (χ4v) is 1.41. The van der Waals surface area contributed by atoms with Crippen LogP contribution in [0.1, 0.15) is 13.3 Å². The molecule has 0 saturated carbocycles.